The first-order valence-electron chi connectivity index (χ1n) is 6.80. The van der Waals surface area contributed by atoms with Crippen LogP contribution in [0.1, 0.15) is 37.4 Å². The highest BCUT2D eigenvalue weighted by Gasteiger charge is 2.30. The normalized spacial score (nSPS) is 13.4. The molecule has 106 valence electrons. The number of hydrogen-bond donors (Lipinski definition) is 2. The van der Waals surface area contributed by atoms with Crippen LogP contribution in [0.4, 0.5) is 0 Å². The lowest BCUT2D eigenvalue weighted by molar-refractivity contribution is -0.147. The van der Waals surface area contributed by atoms with Crippen molar-refractivity contribution in [1.82, 2.24) is 0 Å². The zero-order valence-electron chi connectivity index (χ0n) is 12.2. The van der Waals surface area contributed by atoms with E-state index in [1.54, 1.807) is 13.8 Å². The summed E-state index contributed by atoms with van der Waals surface area (Å²) in [5.41, 5.74) is 7.65. The molecule has 0 radical (unpaired) electrons. The lowest BCUT2D eigenvalue weighted by atomic mass is 9.82. The number of carboxylic acids is 1. The van der Waals surface area contributed by atoms with E-state index in [2.05, 4.69) is 6.07 Å². The molecule has 0 aromatic heterocycles. The standard InChI is InChI=1S/C17H21NO2/c1-11-8-9-12-6-4-5-7-13(12)15(11)14(18)10-17(2,3)16(19)20/h4-9,14H,10,18H2,1-3H3,(H,19,20). The van der Waals surface area contributed by atoms with Gasteiger partial charge >= 0.3 is 5.97 Å². The maximum atomic E-state index is 11.3. The highest BCUT2D eigenvalue weighted by Crippen LogP contribution is 2.34. The van der Waals surface area contributed by atoms with Crippen molar-refractivity contribution in [2.45, 2.75) is 33.2 Å². The molecule has 0 heterocycles. The predicted octanol–water partition coefficient (Wildman–Crippen LogP) is 3.65. The number of rotatable bonds is 4. The van der Waals surface area contributed by atoms with Crippen LogP contribution in [0.25, 0.3) is 10.8 Å². The van der Waals surface area contributed by atoms with Crippen molar-refractivity contribution >= 4 is 16.7 Å². The molecule has 2 rings (SSSR count). The van der Waals surface area contributed by atoms with E-state index in [-0.39, 0.29) is 6.04 Å². The Balaban J connectivity index is 2.47. The smallest absolute Gasteiger partial charge is 0.309 e. The van der Waals surface area contributed by atoms with Crippen LogP contribution in [0.15, 0.2) is 36.4 Å². The Labute approximate surface area is 119 Å². The molecule has 0 saturated heterocycles. The van der Waals surface area contributed by atoms with Crippen molar-refractivity contribution in [2.24, 2.45) is 11.1 Å². The predicted molar refractivity (Wildman–Crippen MR) is 81.6 cm³/mol. The molecule has 2 aromatic carbocycles. The summed E-state index contributed by atoms with van der Waals surface area (Å²) in [6.45, 7) is 5.46. The molecule has 0 amide bonds. The molecule has 3 heteroatoms. The number of carboxylic acid groups (broad SMARTS) is 1. The third-order valence-electron chi connectivity index (χ3n) is 3.87. The van der Waals surface area contributed by atoms with Gasteiger partial charge in [0.1, 0.15) is 0 Å². The van der Waals surface area contributed by atoms with Gasteiger partial charge in [-0.3, -0.25) is 4.79 Å². The summed E-state index contributed by atoms with van der Waals surface area (Å²) in [4.78, 5) is 11.3. The van der Waals surface area contributed by atoms with Crippen LogP contribution in [0, 0.1) is 12.3 Å². The minimum Gasteiger partial charge on any atom is -0.481 e. The summed E-state index contributed by atoms with van der Waals surface area (Å²) in [5.74, 6) is -0.814. The van der Waals surface area contributed by atoms with Gasteiger partial charge in [0.2, 0.25) is 0 Å². The third-order valence-corrected chi connectivity index (χ3v) is 3.87. The van der Waals surface area contributed by atoms with E-state index >= 15 is 0 Å². The third kappa shape index (κ3) is 2.68. The molecule has 0 aliphatic rings. The lowest BCUT2D eigenvalue weighted by Gasteiger charge is -2.25. The first-order chi connectivity index (χ1) is 9.33. The van der Waals surface area contributed by atoms with Crippen LogP contribution in [-0.4, -0.2) is 11.1 Å². The van der Waals surface area contributed by atoms with Gasteiger partial charge in [-0.05, 0) is 49.1 Å². The maximum Gasteiger partial charge on any atom is 0.309 e. The molecule has 0 saturated carbocycles. The second-order valence-electron chi connectivity index (χ2n) is 6.02. The zero-order chi connectivity index (χ0) is 14.9. The van der Waals surface area contributed by atoms with Gasteiger partial charge in [-0.15, -0.1) is 0 Å². The number of benzene rings is 2. The van der Waals surface area contributed by atoms with Crippen LogP contribution < -0.4 is 5.73 Å². The first-order valence-corrected chi connectivity index (χ1v) is 6.80. The summed E-state index contributed by atoms with van der Waals surface area (Å²) in [6.07, 6.45) is 0.414. The summed E-state index contributed by atoms with van der Waals surface area (Å²) in [7, 11) is 0. The second kappa shape index (κ2) is 5.25. The molecule has 0 aliphatic heterocycles. The van der Waals surface area contributed by atoms with Gasteiger partial charge in [-0.1, -0.05) is 36.4 Å². The van der Waals surface area contributed by atoms with Crippen LogP contribution in [0.2, 0.25) is 0 Å². The molecule has 3 N–H and O–H groups in total. The lowest BCUT2D eigenvalue weighted by Crippen LogP contribution is -2.29. The highest BCUT2D eigenvalue weighted by molar-refractivity contribution is 5.87. The highest BCUT2D eigenvalue weighted by atomic mass is 16.4. The molecule has 0 spiro atoms. The van der Waals surface area contributed by atoms with Crippen molar-refractivity contribution in [1.29, 1.82) is 0 Å². The van der Waals surface area contributed by atoms with Crippen molar-refractivity contribution < 1.29 is 9.90 Å². The Morgan fingerprint density at radius 1 is 1.25 bits per heavy atom. The van der Waals surface area contributed by atoms with E-state index in [9.17, 15) is 9.90 Å². The van der Waals surface area contributed by atoms with Crippen molar-refractivity contribution in [2.75, 3.05) is 0 Å². The number of carbonyl (C=O) groups is 1. The van der Waals surface area contributed by atoms with Gasteiger partial charge < -0.3 is 10.8 Å². The molecular formula is C17H21NO2. The average Bonchev–Trinajstić information content (AvgIpc) is 2.37. The SMILES string of the molecule is Cc1ccc2ccccc2c1C(N)CC(C)(C)C(=O)O. The number of nitrogens with two attached hydrogens (primary N) is 1. The van der Waals surface area contributed by atoms with Gasteiger partial charge in [-0.25, -0.2) is 0 Å². The van der Waals surface area contributed by atoms with Crippen molar-refractivity contribution in [3.63, 3.8) is 0 Å². The van der Waals surface area contributed by atoms with E-state index in [1.807, 2.05) is 37.3 Å². The molecular weight excluding hydrogens is 250 g/mol. The second-order valence-corrected chi connectivity index (χ2v) is 6.02. The quantitative estimate of drug-likeness (QED) is 0.892. The fourth-order valence-electron chi connectivity index (χ4n) is 2.64. The van der Waals surface area contributed by atoms with E-state index in [0.29, 0.717) is 6.42 Å². The molecule has 1 atom stereocenters. The summed E-state index contributed by atoms with van der Waals surface area (Å²) < 4.78 is 0. The summed E-state index contributed by atoms with van der Waals surface area (Å²) in [6, 6.07) is 11.9. The van der Waals surface area contributed by atoms with Crippen molar-refractivity contribution in [3.05, 3.63) is 47.5 Å². The number of fused-ring (bicyclic) bond motifs is 1. The van der Waals surface area contributed by atoms with Crippen LogP contribution in [0.3, 0.4) is 0 Å². The van der Waals surface area contributed by atoms with E-state index in [0.717, 1.165) is 21.9 Å². The number of aryl methyl sites for hydroxylation is 1. The molecule has 1 unspecified atom stereocenters. The Morgan fingerprint density at radius 3 is 2.55 bits per heavy atom. The van der Waals surface area contributed by atoms with Crippen LogP contribution in [-0.2, 0) is 4.79 Å². The Bertz CT molecular complexity index is 646. The summed E-state index contributed by atoms with van der Waals surface area (Å²) >= 11 is 0. The maximum absolute atomic E-state index is 11.3. The van der Waals surface area contributed by atoms with Gasteiger partial charge in [0, 0.05) is 6.04 Å². The molecule has 0 fully saturated rings. The van der Waals surface area contributed by atoms with Gasteiger partial charge in [-0.2, -0.15) is 0 Å². The van der Waals surface area contributed by atoms with Gasteiger partial charge in [0.05, 0.1) is 5.41 Å². The van der Waals surface area contributed by atoms with Crippen LogP contribution in [0.5, 0.6) is 0 Å². The fraction of sp³-hybridized carbons (Fsp3) is 0.353. The van der Waals surface area contributed by atoms with Crippen molar-refractivity contribution in [3.8, 4) is 0 Å². The first kappa shape index (κ1) is 14.5. The average molecular weight is 271 g/mol. The topological polar surface area (TPSA) is 63.3 Å². The Morgan fingerprint density at radius 2 is 1.90 bits per heavy atom. The monoisotopic (exact) mass is 271 g/mol. The number of hydrogen-bond acceptors (Lipinski definition) is 2. The minimum atomic E-state index is -0.831. The molecule has 0 bridgehead atoms. The fourth-order valence-corrected chi connectivity index (χ4v) is 2.64. The number of aliphatic carboxylic acids is 1. The molecule has 2 aromatic rings. The zero-order valence-corrected chi connectivity index (χ0v) is 12.2. The van der Waals surface area contributed by atoms with E-state index in [4.69, 9.17) is 5.73 Å². The van der Waals surface area contributed by atoms with E-state index in [1.165, 1.54) is 0 Å². The van der Waals surface area contributed by atoms with Gasteiger partial charge in [0.15, 0.2) is 0 Å². The Hall–Kier alpha value is -1.87. The van der Waals surface area contributed by atoms with Gasteiger partial charge in [0.25, 0.3) is 0 Å². The molecule has 20 heavy (non-hydrogen) atoms. The molecule has 0 aliphatic carbocycles. The minimum absolute atomic E-state index is 0.285. The van der Waals surface area contributed by atoms with E-state index < -0.39 is 11.4 Å². The van der Waals surface area contributed by atoms with Crippen LogP contribution >= 0.6 is 0 Å². The largest absolute Gasteiger partial charge is 0.481 e. The Kier molecular flexibility index (Phi) is 3.82. The summed E-state index contributed by atoms with van der Waals surface area (Å²) in [5, 5.41) is 11.5. The molecule has 3 nitrogen and oxygen atoms in total.